The molecule has 6 heteroatoms. The smallest absolute Gasteiger partial charge is 0.243 e. The third kappa shape index (κ3) is 5.63. The van der Waals surface area contributed by atoms with Crippen LogP contribution in [0.5, 0.6) is 5.75 Å². The standard InChI is InChI=1S/C16H24N2O4/c1-20-15-5-3-2-4-14(15)6-7-16(19)17-22-13-10-18-8-11-21-12-9-18/h2-5H,6-13H2,1H3,(H,17,19). The predicted octanol–water partition coefficient (Wildman–Crippen LogP) is 1.01. The third-order valence-corrected chi connectivity index (χ3v) is 3.61. The Bertz CT molecular complexity index is 461. The summed E-state index contributed by atoms with van der Waals surface area (Å²) in [6.45, 7) is 4.67. The summed E-state index contributed by atoms with van der Waals surface area (Å²) in [4.78, 5) is 19.2. The van der Waals surface area contributed by atoms with Crippen molar-refractivity contribution in [3.63, 3.8) is 0 Å². The predicted molar refractivity (Wildman–Crippen MR) is 82.7 cm³/mol. The van der Waals surface area contributed by atoms with Crippen molar-refractivity contribution in [3.8, 4) is 5.75 Å². The van der Waals surface area contributed by atoms with Crippen molar-refractivity contribution in [1.82, 2.24) is 10.4 Å². The number of ether oxygens (including phenoxy) is 2. The number of nitrogens with one attached hydrogen (secondary N) is 1. The van der Waals surface area contributed by atoms with Crippen LogP contribution in [0.1, 0.15) is 12.0 Å². The van der Waals surface area contributed by atoms with Gasteiger partial charge in [-0.2, -0.15) is 0 Å². The molecular weight excluding hydrogens is 284 g/mol. The van der Waals surface area contributed by atoms with Crippen LogP contribution in [0.4, 0.5) is 0 Å². The van der Waals surface area contributed by atoms with Crippen LogP contribution < -0.4 is 10.2 Å². The second-order valence-corrected chi connectivity index (χ2v) is 5.14. The first-order chi connectivity index (χ1) is 10.8. The van der Waals surface area contributed by atoms with E-state index < -0.39 is 0 Å². The van der Waals surface area contributed by atoms with Gasteiger partial charge in [0.05, 0.1) is 26.9 Å². The van der Waals surface area contributed by atoms with Crippen molar-refractivity contribution >= 4 is 5.91 Å². The Morgan fingerprint density at radius 2 is 2.09 bits per heavy atom. The van der Waals surface area contributed by atoms with Crippen molar-refractivity contribution in [1.29, 1.82) is 0 Å². The Morgan fingerprint density at radius 3 is 2.86 bits per heavy atom. The zero-order valence-electron chi connectivity index (χ0n) is 13.0. The summed E-state index contributed by atoms with van der Waals surface area (Å²) in [5.41, 5.74) is 3.51. The van der Waals surface area contributed by atoms with Gasteiger partial charge in [0.1, 0.15) is 5.75 Å². The molecule has 0 atom stereocenters. The van der Waals surface area contributed by atoms with Crippen molar-refractivity contribution < 1.29 is 19.1 Å². The van der Waals surface area contributed by atoms with Crippen LogP contribution in [0.3, 0.4) is 0 Å². The number of aryl methyl sites for hydroxylation is 1. The van der Waals surface area contributed by atoms with Gasteiger partial charge in [-0.25, -0.2) is 5.48 Å². The van der Waals surface area contributed by atoms with Crippen LogP contribution in [0, 0.1) is 0 Å². The molecule has 1 aromatic rings. The molecule has 22 heavy (non-hydrogen) atoms. The quantitative estimate of drug-likeness (QED) is 0.574. The van der Waals surface area contributed by atoms with Crippen LogP contribution in [0.2, 0.25) is 0 Å². The highest BCUT2D eigenvalue weighted by molar-refractivity contribution is 5.75. The second kappa shape index (κ2) is 9.40. The van der Waals surface area contributed by atoms with E-state index in [1.165, 1.54) is 0 Å². The number of carbonyl (C=O) groups excluding carboxylic acids is 1. The molecule has 1 N–H and O–H groups in total. The zero-order valence-corrected chi connectivity index (χ0v) is 13.0. The minimum absolute atomic E-state index is 0.118. The van der Waals surface area contributed by atoms with Gasteiger partial charge in [0.25, 0.3) is 0 Å². The monoisotopic (exact) mass is 308 g/mol. The maximum Gasteiger partial charge on any atom is 0.243 e. The molecule has 1 saturated heterocycles. The van der Waals surface area contributed by atoms with Crippen LogP contribution in [-0.4, -0.2) is 57.4 Å². The van der Waals surface area contributed by atoms with Crippen LogP contribution in [0.15, 0.2) is 24.3 Å². The molecule has 1 aliphatic rings. The molecule has 0 unspecified atom stereocenters. The van der Waals surface area contributed by atoms with E-state index in [2.05, 4.69) is 10.4 Å². The van der Waals surface area contributed by atoms with Gasteiger partial charge in [-0.15, -0.1) is 0 Å². The molecule has 1 fully saturated rings. The van der Waals surface area contributed by atoms with Gasteiger partial charge in [-0.3, -0.25) is 14.5 Å². The average molecular weight is 308 g/mol. The molecule has 0 radical (unpaired) electrons. The number of para-hydroxylation sites is 1. The van der Waals surface area contributed by atoms with Crippen molar-refractivity contribution in [2.45, 2.75) is 12.8 Å². The van der Waals surface area contributed by atoms with E-state index in [1.54, 1.807) is 7.11 Å². The maximum absolute atomic E-state index is 11.8. The van der Waals surface area contributed by atoms with E-state index in [4.69, 9.17) is 14.3 Å². The van der Waals surface area contributed by atoms with Gasteiger partial charge >= 0.3 is 0 Å². The van der Waals surface area contributed by atoms with Crippen LogP contribution in [-0.2, 0) is 20.8 Å². The minimum atomic E-state index is -0.118. The number of carbonyl (C=O) groups is 1. The van der Waals surface area contributed by atoms with Gasteiger partial charge in [0.15, 0.2) is 0 Å². The molecule has 0 aromatic heterocycles. The number of hydrogen-bond acceptors (Lipinski definition) is 5. The highest BCUT2D eigenvalue weighted by atomic mass is 16.7. The fraction of sp³-hybridized carbons (Fsp3) is 0.562. The van der Waals surface area contributed by atoms with Gasteiger partial charge in [-0.05, 0) is 18.1 Å². The fourth-order valence-electron chi connectivity index (χ4n) is 2.34. The van der Waals surface area contributed by atoms with E-state index in [0.29, 0.717) is 19.4 Å². The lowest BCUT2D eigenvalue weighted by molar-refractivity contribution is -0.134. The number of morpholine rings is 1. The lowest BCUT2D eigenvalue weighted by Gasteiger charge is -2.26. The Balaban J connectivity index is 1.59. The van der Waals surface area contributed by atoms with Crippen molar-refractivity contribution in [3.05, 3.63) is 29.8 Å². The Labute approximate surface area is 131 Å². The van der Waals surface area contributed by atoms with E-state index in [1.807, 2.05) is 24.3 Å². The number of rotatable bonds is 8. The van der Waals surface area contributed by atoms with Crippen molar-refractivity contribution in [2.75, 3.05) is 46.6 Å². The topological polar surface area (TPSA) is 60.0 Å². The zero-order chi connectivity index (χ0) is 15.6. The molecule has 1 heterocycles. The number of nitrogens with zero attached hydrogens (tertiary/aromatic N) is 1. The Morgan fingerprint density at radius 1 is 1.32 bits per heavy atom. The highest BCUT2D eigenvalue weighted by Gasteiger charge is 2.10. The molecular formula is C16H24N2O4. The summed E-state index contributed by atoms with van der Waals surface area (Å²) in [6.07, 6.45) is 1.00. The van der Waals surface area contributed by atoms with E-state index >= 15 is 0 Å². The molecule has 0 aliphatic carbocycles. The number of methoxy groups -OCH3 is 1. The minimum Gasteiger partial charge on any atom is -0.496 e. The first kappa shape index (κ1) is 16.7. The highest BCUT2D eigenvalue weighted by Crippen LogP contribution is 2.18. The summed E-state index contributed by atoms with van der Waals surface area (Å²) in [5.74, 6) is 0.691. The molecule has 1 aliphatic heterocycles. The molecule has 6 nitrogen and oxygen atoms in total. The largest absolute Gasteiger partial charge is 0.496 e. The first-order valence-electron chi connectivity index (χ1n) is 7.62. The molecule has 1 aromatic carbocycles. The van der Waals surface area contributed by atoms with E-state index in [-0.39, 0.29) is 5.91 Å². The summed E-state index contributed by atoms with van der Waals surface area (Å²) < 4.78 is 10.5. The maximum atomic E-state index is 11.8. The van der Waals surface area contributed by atoms with Crippen LogP contribution >= 0.6 is 0 Å². The number of hydrogen-bond donors (Lipinski definition) is 1. The molecule has 122 valence electrons. The third-order valence-electron chi connectivity index (χ3n) is 3.61. The molecule has 0 bridgehead atoms. The number of amides is 1. The summed E-state index contributed by atoms with van der Waals surface area (Å²) >= 11 is 0. The number of benzene rings is 1. The summed E-state index contributed by atoms with van der Waals surface area (Å²) in [6, 6.07) is 7.71. The molecule has 1 amide bonds. The van der Waals surface area contributed by atoms with Gasteiger partial charge < -0.3 is 9.47 Å². The number of hydroxylamine groups is 1. The van der Waals surface area contributed by atoms with Gasteiger partial charge in [-0.1, -0.05) is 18.2 Å². The van der Waals surface area contributed by atoms with E-state index in [0.717, 1.165) is 44.2 Å². The lowest BCUT2D eigenvalue weighted by atomic mass is 10.1. The molecule has 2 rings (SSSR count). The molecule has 0 spiro atoms. The van der Waals surface area contributed by atoms with Crippen molar-refractivity contribution in [2.24, 2.45) is 0 Å². The Hall–Kier alpha value is -1.63. The van der Waals surface area contributed by atoms with E-state index in [9.17, 15) is 4.79 Å². The second-order valence-electron chi connectivity index (χ2n) is 5.14. The normalized spacial score (nSPS) is 15.5. The van der Waals surface area contributed by atoms with Crippen LogP contribution in [0.25, 0.3) is 0 Å². The van der Waals surface area contributed by atoms with Gasteiger partial charge in [0, 0.05) is 26.1 Å². The summed E-state index contributed by atoms with van der Waals surface area (Å²) in [5, 5.41) is 0. The SMILES string of the molecule is COc1ccccc1CCC(=O)NOCCN1CCOCC1. The van der Waals surface area contributed by atoms with Gasteiger partial charge in [0.2, 0.25) is 5.91 Å². The average Bonchev–Trinajstić information content (AvgIpc) is 2.58. The first-order valence-corrected chi connectivity index (χ1v) is 7.62. The fourth-order valence-corrected chi connectivity index (χ4v) is 2.34. The molecule has 0 saturated carbocycles. The Kier molecular flexibility index (Phi) is 7.15. The lowest BCUT2D eigenvalue weighted by Crippen LogP contribution is -2.39. The summed E-state index contributed by atoms with van der Waals surface area (Å²) in [7, 11) is 1.63.